The summed E-state index contributed by atoms with van der Waals surface area (Å²) < 4.78 is 0. The zero-order valence-corrected chi connectivity index (χ0v) is 8.77. The summed E-state index contributed by atoms with van der Waals surface area (Å²) in [6.07, 6.45) is 6.61. The zero-order valence-electron chi connectivity index (χ0n) is 8.77. The second-order valence-corrected chi connectivity index (χ2v) is 3.66. The SMILES string of the molecule is CCCCCCc1c[c]ccc1C. The first-order chi connectivity index (χ1) is 6.34. The van der Waals surface area contributed by atoms with Crippen LogP contribution in [0.15, 0.2) is 18.2 Å². The summed E-state index contributed by atoms with van der Waals surface area (Å²) in [6.45, 7) is 4.44. The second-order valence-electron chi connectivity index (χ2n) is 3.66. The number of aryl methyl sites for hydroxylation is 2. The van der Waals surface area contributed by atoms with Gasteiger partial charge in [-0.2, -0.15) is 0 Å². The van der Waals surface area contributed by atoms with Crippen LogP contribution in [0, 0.1) is 13.0 Å². The molecule has 0 saturated carbocycles. The smallest absolute Gasteiger partial charge is 0.0181 e. The van der Waals surface area contributed by atoms with Crippen molar-refractivity contribution in [3.8, 4) is 0 Å². The van der Waals surface area contributed by atoms with Crippen LogP contribution >= 0.6 is 0 Å². The molecular weight excluding hydrogens is 156 g/mol. The predicted molar refractivity (Wildman–Crippen MR) is 57.9 cm³/mol. The fraction of sp³-hybridized carbons (Fsp3) is 0.538. The Labute approximate surface area is 82.0 Å². The highest BCUT2D eigenvalue weighted by atomic mass is 14.0. The topological polar surface area (TPSA) is 0 Å². The minimum Gasteiger partial charge on any atom is -0.0654 e. The van der Waals surface area contributed by atoms with E-state index >= 15 is 0 Å². The minimum atomic E-state index is 1.23. The molecule has 0 amide bonds. The maximum absolute atomic E-state index is 3.14. The molecule has 1 radical (unpaired) electrons. The number of unbranched alkanes of at least 4 members (excludes halogenated alkanes) is 3. The Bertz CT molecular complexity index is 238. The van der Waals surface area contributed by atoms with Crippen molar-refractivity contribution in [1.82, 2.24) is 0 Å². The van der Waals surface area contributed by atoms with Gasteiger partial charge < -0.3 is 0 Å². The van der Waals surface area contributed by atoms with Crippen molar-refractivity contribution in [3.05, 3.63) is 35.4 Å². The van der Waals surface area contributed by atoms with Crippen LogP contribution in [0.4, 0.5) is 0 Å². The average molecular weight is 175 g/mol. The summed E-state index contributed by atoms with van der Waals surface area (Å²) in [5, 5.41) is 0. The Hall–Kier alpha value is -0.780. The highest BCUT2D eigenvalue weighted by molar-refractivity contribution is 5.24. The van der Waals surface area contributed by atoms with Gasteiger partial charge in [0.1, 0.15) is 0 Å². The Morgan fingerprint density at radius 2 is 2.08 bits per heavy atom. The standard InChI is InChI=1S/C13H19/c1-3-4-5-6-10-13-11-8-7-9-12(13)2/h7,9,11H,3-6,10H2,1-2H3. The van der Waals surface area contributed by atoms with Crippen molar-refractivity contribution >= 4 is 0 Å². The van der Waals surface area contributed by atoms with Crippen LogP contribution in [0.5, 0.6) is 0 Å². The Morgan fingerprint density at radius 1 is 1.23 bits per heavy atom. The largest absolute Gasteiger partial charge is 0.0654 e. The molecule has 1 aromatic carbocycles. The van der Waals surface area contributed by atoms with Crippen LogP contribution < -0.4 is 0 Å². The number of benzene rings is 1. The maximum Gasteiger partial charge on any atom is -0.0181 e. The third kappa shape index (κ3) is 3.63. The van der Waals surface area contributed by atoms with Crippen LogP contribution in [-0.2, 0) is 6.42 Å². The molecule has 71 valence electrons. The summed E-state index contributed by atoms with van der Waals surface area (Å²) in [6, 6.07) is 9.41. The molecule has 0 saturated heterocycles. The number of hydrogen-bond donors (Lipinski definition) is 0. The van der Waals surface area contributed by atoms with Crippen molar-refractivity contribution in [3.63, 3.8) is 0 Å². The van der Waals surface area contributed by atoms with Gasteiger partial charge in [0.2, 0.25) is 0 Å². The summed E-state index contributed by atoms with van der Waals surface area (Å²) >= 11 is 0. The Morgan fingerprint density at radius 3 is 2.77 bits per heavy atom. The molecule has 0 unspecified atom stereocenters. The van der Waals surface area contributed by atoms with Crippen LogP contribution in [-0.4, -0.2) is 0 Å². The monoisotopic (exact) mass is 175 g/mol. The lowest BCUT2D eigenvalue weighted by molar-refractivity contribution is 0.665. The van der Waals surface area contributed by atoms with Gasteiger partial charge in [-0.15, -0.1) is 0 Å². The van der Waals surface area contributed by atoms with E-state index in [0.717, 1.165) is 0 Å². The van der Waals surface area contributed by atoms with Crippen LogP contribution in [0.3, 0.4) is 0 Å². The lowest BCUT2D eigenvalue weighted by Gasteiger charge is -2.04. The van der Waals surface area contributed by atoms with E-state index in [1.54, 1.807) is 0 Å². The van der Waals surface area contributed by atoms with E-state index in [4.69, 9.17) is 0 Å². The molecular formula is C13H19. The summed E-state index contributed by atoms with van der Waals surface area (Å²) in [5.41, 5.74) is 2.88. The fourth-order valence-electron chi connectivity index (χ4n) is 1.55. The van der Waals surface area contributed by atoms with E-state index in [1.807, 2.05) is 6.07 Å². The molecule has 0 aliphatic carbocycles. The molecule has 0 aromatic heterocycles. The van der Waals surface area contributed by atoms with Gasteiger partial charge >= 0.3 is 0 Å². The molecule has 0 bridgehead atoms. The van der Waals surface area contributed by atoms with E-state index in [1.165, 1.54) is 43.2 Å². The van der Waals surface area contributed by atoms with E-state index < -0.39 is 0 Å². The normalized spacial score (nSPS) is 10.3. The Balaban J connectivity index is 2.32. The van der Waals surface area contributed by atoms with Gasteiger partial charge in [-0.3, -0.25) is 0 Å². The number of rotatable bonds is 5. The van der Waals surface area contributed by atoms with Crippen molar-refractivity contribution in [2.24, 2.45) is 0 Å². The summed E-state index contributed by atoms with van der Waals surface area (Å²) in [4.78, 5) is 0. The molecule has 0 aliphatic rings. The van der Waals surface area contributed by atoms with Crippen molar-refractivity contribution < 1.29 is 0 Å². The minimum absolute atomic E-state index is 1.23. The van der Waals surface area contributed by atoms with Gasteiger partial charge in [-0.1, -0.05) is 44.4 Å². The van der Waals surface area contributed by atoms with E-state index in [0.29, 0.717) is 0 Å². The molecule has 0 N–H and O–H groups in total. The predicted octanol–water partition coefficient (Wildman–Crippen LogP) is 3.92. The second kappa shape index (κ2) is 5.80. The first-order valence-electron chi connectivity index (χ1n) is 5.30. The van der Waals surface area contributed by atoms with Gasteiger partial charge in [0.25, 0.3) is 0 Å². The quantitative estimate of drug-likeness (QED) is 0.595. The van der Waals surface area contributed by atoms with Crippen LogP contribution in [0.2, 0.25) is 0 Å². The molecule has 0 nitrogen and oxygen atoms in total. The Kier molecular flexibility index (Phi) is 4.59. The van der Waals surface area contributed by atoms with Gasteiger partial charge in [0, 0.05) is 0 Å². The van der Waals surface area contributed by atoms with Crippen molar-refractivity contribution in [1.29, 1.82) is 0 Å². The third-order valence-corrected chi connectivity index (χ3v) is 2.49. The van der Waals surface area contributed by atoms with Crippen LogP contribution in [0.1, 0.15) is 43.7 Å². The molecule has 13 heavy (non-hydrogen) atoms. The van der Waals surface area contributed by atoms with Crippen molar-refractivity contribution in [2.75, 3.05) is 0 Å². The molecule has 0 atom stereocenters. The van der Waals surface area contributed by atoms with Crippen LogP contribution in [0.25, 0.3) is 0 Å². The highest BCUT2D eigenvalue weighted by Crippen LogP contribution is 2.11. The molecule has 0 heterocycles. The van der Waals surface area contributed by atoms with E-state index in [-0.39, 0.29) is 0 Å². The summed E-state index contributed by atoms with van der Waals surface area (Å²) in [5.74, 6) is 0. The molecule has 0 aliphatic heterocycles. The lowest BCUT2D eigenvalue weighted by atomic mass is 10.0. The first-order valence-corrected chi connectivity index (χ1v) is 5.30. The third-order valence-electron chi connectivity index (χ3n) is 2.49. The highest BCUT2D eigenvalue weighted by Gasteiger charge is 1.96. The molecule has 1 aromatic rings. The molecule has 1 rings (SSSR count). The first kappa shape index (κ1) is 10.3. The van der Waals surface area contributed by atoms with Gasteiger partial charge in [-0.25, -0.2) is 0 Å². The zero-order chi connectivity index (χ0) is 9.52. The maximum atomic E-state index is 3.14. The lowest BCUT2D eigenvalue weighted by Crippen LogP contribution is -1.89. The molecule has 0 spiro atoms. The van der Waals surface area contributed by atoms with Gasteiger partial charge in [0.05, 0.1) is 0 Å². The van der Waals surface area contributed by atoms with E-state index in [2.05, 4.69) is 32.0 Å². The van der Waals surface area contributed by atoms with Crippen molar-refractivity contribution in [2.45, 2.75) is 46.0 Å². The average Bonchev–Trinajstić information content (AvgIpc) is 2.15. The molecule has 0 fully saturated rings. The van der Waals surface area contributed by atoms with E-state index in [9.17, 15) is 0 Å². The fourth-order valence-corrected chi connectivity index (χ4v) is 1.55. The van der Waals surface area contributed by atoms with Gasteiger partial charge in [-0.05, 0) is 37.0 Å². The molecule has 0 heteroatoms. The summed E-state index contributed by atoms with van der Waals surface area (Å²) in [7, 11) is 0. The number of hydrogen-bond acceptors (Lipinski definition) is 0. The van der Waals surface area contributed by atoms with Gasteiger partial charge in [0.15, 0.2) is 0 Å².